The largest absolute Gasteiger partial charge is 0.491 e. The fourth-order valence-electron chi connectivity index (χ4n) is 5.25. The number of rotatable bonds is 11. The third-order valence-electron chi connectivity index (χ3n) is 7.44. The second kappa shape index (κ2) is 13.0. The topological polar surface area (TPSA) is 19.0 Å². The number of likely N-dealkylation sites (tertiary alicyclic amines) is 1. The molecular formula is C29H43N3O. The smallest absolute Gasteiger partial charge is 0.142 e. The zero-order chi connectivity index (χ0) is 22.7. The number of hydrogen-bond acceptors (Lipinski definition) is 4. The minimum atomic E-state index is 0.767. The number of piperazine rings is 1. The molecule has 0 aromatic heterocycles. The van der Waals surface area contributed by atoms with Gasteiger partial charge in [-0.3, -0.25) is 0 Å². The van der Waals surface area contributed by atoms with E-state index >= 15 is 0 Å². The molecule has 180 valence electrons. The summed E-state index contributed by atoms with van der Waals surface area (Å²) in [4.78, 5) is 7.54. The summed E-state index contributed by atoms with van der Waals surface area (Å²) in [7, 11) is 2.20. The Kier molecular flexibility index (Phi) is 9.49. The SMILES string of the molecule is CN1CCN(c2ccccc2OCCCCCCCN2CCC(c3ccccc3)CC2)CC1. The van der Waals surface area contributed by atoms with Crippen molar-refractivity contribution in [3.8, 4) is 5.75 Å². The molecule has 2 saturated heterocycles. The van der Waals surface area contributed by atoms with E-state index in [0.717, 1.165) is 50.9 Å². The summed E-state index contributed by atoms with van der Waals surface area (Å²) < 4.78 is 6.20. The maximum atomic E-state index is 6.20. The maximum absolute atomic E-state index is 6.20. The van der Waals surface area contributed by atoms with Crippen molar-refractivity contribution in [3.63, 3.8) is 0 Å². The highest BCUT2D eigenvalue weighted by Crippen LogP contribution is 2.29. The molecule has 0 radical (unpaired) electrons. The number of unbranched alkanes of at least 4 members (excludes halogenated alkanes) is 4. The van der Waals surface area contributed by atoms with Crippen molar-refractivity contribution < 1.29 is 4.74 Å². The third kappa shape index (κ3) is 7.48. The normalized spacial score (nSPS) is 18.5. The Hall–Kier alpha value is -2.04. The Morgan fingerprint density at radius 1 is 0.727 bits per heavy atom. The van der Waals surface area contributed by atoms with Gasteiger partial charge < -0.3 is 19.4 Å². The molecule has 33 heavy (non-hydrogen) atoms. The van der Waals surface area contributed by atoms with Crippen LogP contribution in [-0.2, 0) is 0 Å². The van der Waals surface area contributed by atoms with Crippen LogP contribution in [0.1, 0.15) is 56.4 Å². The van der Waals surface area contributed by atoms with Gasteiger partial charge in [0.2, 0.25) is 0 Å². The maximum Gasteiger partial charge on any atom is 0.142 e. The molecule has 0 N–H and O–H groups in total. The number of anilines is 1. The second-order valence-corrected chi connectivity index (χ2v) is 9.90. The molecule has 0 atom stereocenters. The fourth-order valence-corrected chi connectivity index (χ4v) is 5.25. The minimum absolute atomic E-state index is 0.767. The van der Waals surface area contributed by atoms with Crippen LogP contribution in [0, 0.1) is 0 Å². The van der Waals surface area contributed by atoms with E-state index in [1.807, 2.05) is 0 Å². The lowest BCUT2D eigenvalue weighted by molar-refractivity contribution is 0.208. The van der Waals surface area contributed by atoms with Crippen LogP contribution >= 0.6 is 0 Å². The van der Waals surface area contributed by atoms with Gasteiger partial charge in [0.05, 0.1) is 12.3 Å². The first-order valence-electron chi connectivity index (χ1n) is 13.2. The van der Waals surface area contributed by atoms with E-state index in [4.69, 9.17) is 4.74 Å². The van der Waals surface area contributed by atoms with Gasteiger partial charge in [-0.2, -0.15) is 0 Å². The van der Waals surface area contributed by atoms with Crippen LogP contribution in [0.3, 0.4) is 0 Å². The van der Waals surface area contributed by atoms with E-state index in [0.29, 0.717) is 0 Å². The molecule has 2 aliphatic rings. The molecule has 0 saturated carbocycles. The zero-order valence-electron chi connectivity index (χ0n) is 20.6. The van der Waals surface area contributed by atoms with Crippen molar-refractivity contribution in [1.29, 1.82) is 0 Å². The highest BCUT2D eigenvalue weighted by molar-refractivity contribution is 5.58. The van der Waals surface area contributed by atoms with Gasteiger partial charge in [-0.1, -0.05) is 61.7 Å². The number of ether oxygens (including phenoxy) is 1. The monoisotopic (exact) mass is 449 g/mol. The van der Waals surface area contributed by atoms with Crippen LogP contribution in [-0.4, -0.2) is 69.3 Å². The molecule has 0 aliphatic carbocycles. The van der Waals surface area contributed by atoms with Crippen molar-refractivity contribution in [3.05, 3.63) is 60.2 Å². The van der Waals surface area contributed by atoms with Gasteiger partial charge in [0.25, 0.3) is 0 Å². The predicted molar refractivity (Wildman–Crippen MR) is 140 cm³/mol. The molecule has 2 aliphatic heterocycles. The van der Waals surface area contributed by atoms with Crippen molar-refractivity contribution in [2.75, 3.05) is 64.4 Å². The molecule has 0 unspecified atom stereocenters. The lowest BCUT2D eigenvalue weighted by Gasteiger charge is -2.34. The Balaban J connectivity index is 1.05. The summed E-state index contributed by atoms with van der Waals surface area (Å²) in [5, 5.41) is 0. The Labute approximate surface area is 201 Å². The van der Waals surface area contributed by atoms with Crippen molar-refractivity contribution >= 4 is 5.69 Å². The predicted octanol–water partition coefficient (Wildman–Crippen LogP) is 5.65. The molecule has 4 nitrogen and oxygen atoms in total. The van der Waals surface area contributed by atoms with E-state index in [2.05, 4.69) is 76.3 Å². The van der Waals surface area contributed by atoms with Crippen LogP contribution < -0.4 is 9.64 Å². The van der Waals surface area contributed by atoms with Gasteiger partial charge in [-0.05, 0) is 76.0 Å². The number of para-hydroxylation sites is 2. The molecule has 2 heterocycles. The minimum Gasteiger partial charge on any atom is -0.491 e. The molecule has 2 aromatic carbocycles. The Morgan fingerprint density at radius 3 is 2.18 bits per heavy atom. The average Bonchev–Trinajstić information content (AvgIpc) is 2.87. The number of benzene rings is 2. The van der Waals surface area contributed by atoms with Gasteiger partial charge in [0.1, 0.15) is 5.75 Å². The fraction of sp³-hybridized carbons (Fsp3) is 0.586. The number of hydrogen-bond donors (Lipinski definition) is 0. The Morgan fingerprint density at radius 2 is 1.39 bits per heavy atom. The van der Waals surface area contributed by atoms with Gasteiger partial charge in [0, 0.05) is 26.2 Å². The van der Waals surface area contributed by atoms with Crippen LogP contribution in [0.25, 0.3) is 0 Å². The number of nitrogens with zero attached hydrogens (tertiary/aromatic N) is 3. The molecular weight excluding hydrogens is 406 g/mol. The Bertz CT molecular complexity index is 796. The van der Waals surface area contributed by atoms with Crippen molar-refractivity contribution in [2.45, 2.75) is 50.9 Å². The van der Waals surface area contributed by atoms with Gasteiger partial charge in [0.15, 0.2) is 0 Å². The van der Waals surface area contributed by atoms with E-state index in [1.165, 1.54) is 69.4 Å². The third-order valence-corrected chi connectivity index (χ3v) is 7.44. The summed E-state index contributed by atoms with van der Waals surface area (Å²) in [5.41, 5.74) is 2.80. The standard InChI is InChI=1S/C29H43N3O/c1-30-21-23-32(24-22-30)28-14-8-9-15-29(28)33-25-11-4-2-3-10-18-31-19-16-27(17-20-31)26-12-6-5-7-13-26/h5-9,12-15,27H,2-4,10-11,16-25H2,1H3. The van der Waals surface area contributed by atoms with Crippen LogP contribution in [0.15, 0.2) is 54.6 Å². The summed E-state index contributed by atoms with van der Waals surface area (Å²) in [6.45, 7) is 9.05. The molecule has 4 heteroatoms. The van der Waals surface area contributed by atoms with E-state index in [-0.39, 0.29) is 0 Å². The molecule has 0 amide bonds. The van der Waals surface area contributed by atoms with Gasteiger partial charge >= 0.3 is 0 Å². The first-order chi connectivity index (χ1) is 16.3. The van der Waals surface area contributed by atoms with E-state index in [9.17, 15) is 0 Å². The molecule has 4 rings (SSSR count). The molecule has 0 bridgehead atoms. The van der Waals surface area contributed by atoms with E-state index < -0.39 is 0 Å². The lowest BCUT2D eigenvalue weighted by Crippen LogP contribution is -2.44. The van der Waals surface area contributed by atoms with Gasteiger partial charge in [-0.25, -0.2) is 0 Å². The second-order valence-electron chi connectivity index (χ2n) is 9.90. The summed E-state index contributed by atoms with van der Waals surface area (Å²) in [5.74, 6) is 1.82. The molecule has 2 aromatic rings. The summed E-state index contributed by atoms with van der Waals surface area (Å²) >= 11 is 0. The highest BCUT2D eigenvalue weighted by atomic mass is 16.5. The molecule has 0 spiro atoms. The van der Waals surface area contributed by atoms with E-state index in [1.54, 1.807) is 0 Å². The first kappa shape index (κ1) is 24.1. The van der Waals surface area contributed by atoms with Crippen LogP contribution in [0.5, 0.6) is 5.75 Å². The lowest BCUT2D eigenvalue weighted by atomic mass is 9.89. The summed E-state index contributed by atoms with van der Waals surface area (Å²) in [6, 6.07) is 19.7. The van der Waals surface area contributed by atoms with Crippen molar-refractivity contribution in [1.82, 2.24) is 9.80 Å². The zero-order valence-corrected chi connectivity index (χ0v) is 20.6. The van der Waals surface area contributed by atoms with Crippen molar-refractivity contribution in [2.24, 2.45) is 0 Å². The highest BCUT2D eigenvalue weighted by Gasteiger charge is 2.20. The van der Waals surface area contributed by atoms with Gasteiger partial charge in [-0.15, -0.1) is 0 Å². The number of piperidine rings is 1. The average molecular weight is 450 g/mol. The van der Waals surface area contributed by atoms with Crippen LogP contribution in [0.2, 0.25) is 0 Å². The van der Waals surface area contributed by atoms with Crippen LogP contribution in [0.4, 0.5) is 5.69 Å². The number of likely N-dealkylation sites (N-methyl/N-ethyl adjacent to an activating group) is 1. The summed E-state index contributed by atoms with van der Waals surface area (Å²) in [6.07, 6.45) is 9.06. The molecule has 2 fully saturated rings. The quantitative estimate of drug-likeness (QED) is 0.413. The first-order valence-corrected chi connectivity index (χ1v) is 13.2.